The predicted molar refractivity (Wildman–Crippen MR) is 144 cm³/mol. The van der Waals surface area contributed by atoms with Crippen molar-refractivity contribution in [3.05, 3.63) is 87.9 Å². The molecule has 1 unspecified atom stereocenters. The predicted octanol–water partition coefficient (Wildman–Crippen LogP) is 1.14. The summed E-state index contributed by atoms with van der Waals surface area (Å²) in [5, 5.41) is 35.5. The van der Waals surface area contributed by atoms with Gasteiger partial charge in [-0.1, -0.05) is 0 Å². The minimum atomic E-state index is -1.01. The zero-order chi connectivity index (χ0) is 28.5. The minimum Gasteiger partial charge on any atom is -0.595 e. The van der Waals surface area contributed by atoms with Crippen molar-refractivity contribution in [2.75, 3.05) is 27.5 Å². The van der Waals surface area contributed by atoms with Crippen molar-refractivity contribution in [1.82, 2.24) is 30.5 Å². The van der Waals surface area contributed by atoms with Gasteiger partial charge in [0.15, 0.2) is 23.0 Å². The maximum atomic E-state index is 12.6. The lowest BCUT2D eigenvalue weighted by Crippen LogP contribution is -2.99. The van der Waals surface area contributed by atoms with Crippen molar-refractivity contribution >= 4 is 17.8 Å². The molecule has 1 amide bonds. The normalized spacial score (nSPS) is 16.9. The average Bonchev–Trinajstić information content (AvgIpc) is 3.66. The summed E-state index contributed by atoms with van der Waals surface area (Å²) in [6.45, 7) is 0.911. The highest BCUT2D eigenvalue weighted by Crippen LogP contribution is 2.50. The van der Waals surface area contributed by atoms with Gasteiger partial charge in [-0.05, 0) is 77.5 Å². The number of nitrogens with zero attached hydrogens (tertiary/aromatic N) is 6. The zero-order valence-corrected chi connectivity index (χ0v) is 22.1. The Labute approximate surface area is 233 Å². The number of fused-ring (bicyclic) bond motifs is 2. The SMILES string of the molecule is COc1c2c(cc3c1[C@@H](c1nnnn1-c1ccc(C(=O)NN=Cc4ccc([NH+]([O-])O)cc4)cc1)N(C)CC3)OCO2. The molecule has 2 aliphatic rings. The van der Waals surface area contributed by atoms with E-state index in [1.165, 1.54) is 18.3 Å². The summed E-state index contributed by atoms with van der Waals surface area (Å²) in [7, 11) is 3.61. The molecule has 6 rings (SSSR count). The second-order valence-electron chi connectivity index (χ2n) is 9.47. The Hall–Kier alpha value is -4.89. The van der Waals surface area contributed by atoms with Gasteiger partial charge in [0, 0.05) is 29.8 Å². The quantitative estimate of drug-likeness (QED) is 0.221. The van der Waals surface area contributed by atoms with Crippen molar-refractivity contribution in [3.63, 3.8) is 0 Å². The molecule has 14 heteroatoms. The fraction of sp³-hybridized carbons (Fsp3) is 0.222. The summed E-state index contributed by atoms with van der Waals surface area (Å²) in [5.74, 6) is 2.01. The number of hydrazone groups is 1. The van der Waals surface area contributed by atoms with Crippen LogP contribution in [-0.2, 0) is 6.42 Å². The third-order valence-corrected chi connectivity index (χ3v) is 7.05. The molecule has 0 bridgehead atoms. The monoisotopic (exact) mass is 558 g/mol. The Morgan fingerprint density at radius 3 is 2.73 bits per heavy atom. The Balaban J connectivity index is 1.23. The number of quaternary nitrogens is 1. The molecule has 3 aromatic carbocycles. The van der Waals surface area contributed by atoms with Gasteiger partial charge in [-0.15, -0.1) is 5.10 Å². The number of nitrogens with one attached hydrogen (secondary N) is 2. The maximum absolute atomic E-state index is 12.6. The van der Waals surface area contributed by atoms with E-state index in [9.17, 15) is 10.0 Å². The van der Waals surface area contributed by atoms with Gasteiger partial charge in [0.05, 0.1) is 19.0 Å². The van der Waals surface area contributed by atoms with Gasteiger partial charge in [-0.3, -0.25) is 9.69 Å². The largest absolute Gasteiger partial charge is 0.595 e. The summed E-state index contributed by atoms with van der Waals surface area (Å²) in [6, 6.07) is 14.6. The van der Waals surface area contributed by atoms with Crippen molar-refractivity contribution in [2.45, 2.75) is 12.5 Å². The van der Waals surface area contributed by atoms with Crippen LogP contribution in [0.3, 0.4) is 0 Å². The van der Waals surface area contributed by atoms with Crippen LogP contribution in [0.4, 0.5) is 5.69 Å². The van der Waals surface area contributed by atoms with E-state index in [4.69, 9.17) is 19.4 Å². The molecular weight excluding hydrogens is 532 g/mol. The number of methoxy groups -OCH3 is 1. The van der Waals surface area contributed by atoms with Crippen molar-refractivity contribution < 1.29 is 29.4 Å². The number of tetrazole rings is 1. The lowest BCUT2D eigenvalue weighted by atomic mass is 9.90. The number of benzene rings is 3. The topological polar surface area (TPSA) is 164 Å². The fourth-order valence-corrected chi connectivity index (χ4v) is 5.00. The van der Waals surface area contributed by atoms with Crippen LogP contribution in [-0.4, -0.2) is 69.9 Å². The molecule has 0 spiro atoms. The van der Waals surface area contributed by atoms with E-state index in [0.29, 0.717) is 39.9 Å². The molecule has 210 valence electrons. The average molecular weight is 559 g/mol. The van der Waals surface area contributed by atoms with E-state index in [1.807, 2.05) is 13.1 Å². The number of aromatic nitrogens is 4. The first kappa shape index (κ1) is 26.3. The molecule has 2 atom stereocenters. The zero-order valence-electron chi connectivity index (χ0n) is 22.1. The number of hydrogen-bond donors (Lipinski definition) is 3. The van der Waals surface area contributed by atoms with Crippen LogP contribution < -0.4 is 24.9 Å². The molecule has 0 saturated heterocycles. The van der Waals surface area contributed by atoms with Crippen molar-refractivity contribution in [3.8, 4) is 22.9 Å². The number of hydrogen-bond acceptors (Lipinski definition) is 11. The van der Waals surface area contributed by atoms with Crippen LogP contribution in [0.1, 0.15) is 38.9 Å². The molecule has 3 heterocycles. The van der Waals surface area contributed by atoms with Gasteiger partial charge in [0.2, 0.25) is 12.5 Å². The third kappa shape index (κ3) is 4.96. The minimum absolute atomic E-state index is 0.137. The summed E-state index contributed by atoms with van der Waals surface area (Å²) >= 11 is 0. The van der Waals surface area contributed by atoms with E-state index in [0.717, 1.165) is 24.1 Å². The van der Waals surface area contributed by atoms with Crippen LogP contribution in [0, 0.1) is 5.21 Å². The second-order valence-corrected chi connectivity index (χ2v) is 9.47. The number of amides is 1. The molecule has 0 fully saturated rings. The lowest BCUT2D eigenvalue weighted by Gasteiger charge is -2.34. The summed E-state index contributed by atoms with van der Waals surface area (Å²) in [5.41, 5.74) is 6.35. The van der Waals surface area contributed by atoms with Crippen LogP contribution in [0.5, 0.6) is 17.2 Å². The van der Waals surface area contributed by atoms with E-state index >= 15 is 0 Å². The molecule has 2 aliphatic heterocycles. The van der Waals surface area contributed by atoms with Gasteiger partial charge in [-0.25, -0.2) is 10.6 Å². The second kappa shape index (κ2) is 10.9. The summed E-state index contributed by atoms with van der Waals surface area (Å²) in [6.07, 6.45) is 2.24. The Bertz CT molecular complexity index is 1600. The van der Waals surface area contributed by atoms with E-state index in [-0.39, 0.29) is 18.5 Å². The van der Waals surface area contributed by atoms with Gasteiger partial charge >= 0.3 is 0 Å². The molecule has 4 aromatic rings. The van der Waals surface area contributed by atoms with Gasteiger partial charge < -0.3 is 19.4 Å². The number of ether oxygens (including phenoxy) is 3. The van der Waals surface area contributed by atoms with Gasteiger partial charge in [0.1, 0.15) is 6.04 Å². The Morgan fingerprint density at radius 1 is 1.22 bits per heavy atom. The molecule has 1 aromatic heterocycles. The Kier molecular flexibility index (Phi) is 7.03. The fourth-order valence-electron chi connectivity index (χ4n) is 5.00. The first-order valence-corrected chi connectivity index (χ1v) is 12.7. The number of carbonyl (C=O) groups is 1. The molecule has 0 aliphatic carbocycles. The van der Waals surface area contributed by atoms with E-state index in [2.05, 4.69) is 31.0 Å². The van der Waals surface area contributed by atoms with Crippen LogP contribution in [0.2, 0.25) is 0 Å². The van der Waals surface area contributed by atoms with Crippen LogP contribution in [0.15, 0.2) is 59.7 Å². The Morgan fingerprint density at radius 2 is 2.00 bits per heavy atom. The van der Waals surface area contributed by atoms with Crippen LogP contribution in [0.25, 0.3) is 5.69 Å². The first-order valence-electron chi connectivity index (χ1n) is 12.7. The summed E-state index contributed by atoms with van der Waals surface area (Å²) < 4.78 is 18.8. The van der Waals surface area contributed by atoms with Crippen molar-refractivity contribution in [1.29, 1.82) is 0 Å². The molecular formula is C27H26N8O6. The number of carbonyl (C=O) groups excluding carboxylic acids is 1. The van der Waals surface area contributed by atoms with Crippen LogP contribution >= 0.6 is 0 Å². The number of rotatable bonds is 7. The first-order chi connectivity index (χ1) is 19.9. The third-order valence-electron chi connectivity index (χ3n) is 7.05. The number of likely N-dealkylation sites (N-methyl/N-ethyl adjacent to an activating group) is 1. The highest BCUT2D eigenvalue weighted by atomic mass is 16.8. The molecule has 0 saturated carbocycles. The lowest BCUT2D eigenvalue weighted by molar-refractivity contribution is -0.991. The standard InChI is InChI=1S/C27H26N8O6/c1-33-12-11-18-13-21-24(41-15-40-21)25(39-2)22(18)23(33)26-29-31-32-34(26)19-9-5-17(6-10-19)27(36)30-28-14-16-3-7-20(8-4-16)35(37)38/h3-10,13-14,23,35,37H,11-12,15H2,1-2H3,(H,30,36)/t23-/m0/s1. The van der Waals surface area contributed by atoms with Gasteiger partial charge in [-0.2, -0.15) is 15.0 Å². The summed E-state index contributed by atoms with van der Waals surface area (Å²) in [4.78, 5) is 14.8. The van der Waals surface area contributed by atoms with Gasteiger partial charge in [0.25, 0.3) is 5.91 Å². The maximum Gasteiger partial charge on any atom is 0.271 e. The molecule has 41 heavy (non-hydrogen) atoms. The van der Waals surface area contributed by atoms with E-state index in [1.54, 1.807) is 48.2 Å². The smallest absolute Gasteiger partial charge is 0.271 e. The van der Waals surface area contributed by atoms with Crippen molar-refractivity contribution in [2.24, 2.45) is 5.10 Å². The highest BCUT2D eigenvalue weighted by Gasteiger charge is 2.37. The highest BCUT2D eigenvalue weighted by molar-refractivity contribution is 5.95. The molecule has 0 radical (unpaired) electrons. The molecule has 14 nitrogen and oxygen atoms in total. The van der Waals surface area contributed by atoms with E-state index < -0.39 is 11.1 Å². The molecule has 3 N–H and O–H groups in total.